The molecule has 2 aromatic carbocycles. The van der Waals surface area contributed by atoms with Crippen LogP contribution in [-0.4, -0.2) is 38.0 Å². The Balaban J connectivity index is 1.93. The van der Waals surface area contributed by atoms with E-state index in [1.54, 1.807) is 54.2 Å². The van der Waals surface area contributed by atoms with Crippen molar-refractivity contribution in [2.75, 3.05) is 6.61 Å². The van der Waals surface area contributed by atoms with E-state index in [0.717, 1.165) is 0 Å². The number of fused-ring (bicyclic) bond motifs is 1. The second-order valence-corrected chi connectivity index (χ2v) is 6.64. The van der Waals surface area contributed by atoms with Crippen LogP contribution in [0.2, 0.25) is 0 Å². The standard InChI is InChI=1S/C21H17F3N4O3/c1-3-30-20(29)16-10-15(13-4-6-14(7-5-13)31-21(22,23)24)17-19(27(2)12-26-17)18(16)28-9-8-25-11-28/h4-12H,3H2,1-2H3. The maximum absolute atomic E-state index is 12.8. The molecule has 2 aromatic heterocycles. The first kappa shape index (κ1) is 20.5. The number of aryl methyl sites for hydroxylation is 1. The van der Waals surface area contributed by atoms with Gasteiger partial charge in [-0.1, -0.05) is 12.1 Å². The van der Waals surface area contributed by atoms with Crippen LogP contribution in [0.5, 0.6) is 5.75 Å². The number of aromatic nitrogens is 4. The number of carbonyl (C=O) groups is 1. The SMILES string of the molecule is CCOC(=O)c1cc(-c2ccc(OC(F)(F)F)cc2)c2ncn(C)c2c1-n1ccnc1. The lowest BCUT2D eigenvalue weighted by molar-refractivity contribution is -0.274. The van der Waals surface area contributed by atoms with Gasteiger partial charge in [0.1, 0.15) is 5.75 Å². The first-order valence-electron chi connectivity index (χ1n) is 9.28. The summed E-state index contributed by atoms with van der Waals surface area (Å²) in [4.78, 5) is 21.3. The summed E-state index contributed by atoms with van der Waals surface area (Å²) in [6.45, 7) is 1.89. The highest BCUT2D eigenvalue weighted by molar-refractivity contribution is 6.06. The number of rotatable bonds is 5. The number of benzene rings is 2. The third-order valence-corrected chi connectivity index (χ3v) is 4.62. The second kappa shape index (κ2) is 7.78. The fourth-order valence-corrected chi connectivity index (χ4v) is 3.39. The number of carbonyl (C=O) groups excluding carboxylic acids is 1. The van der Waals surface area contributed by atoms with E-state index in [9.17, 15) is 18.0 Å². The maximum atomic E-state index is 12.8. The van der Waals surface area contributed by atoms with Crippen molar-refractivity contribution in [2.24, 2.45) is 7.05 Å². The number of imidazole rings is 2. The average Bonchev–Trinajstić information content (AvgIpc) is 3.37. The zero-order chi connectivity index (χ0) is 22.2. The van der Waals surface area contributed by atoms with Gasteiger partial charge in [0.2, 0.25) is 0 Å². The van der Waals surface area contributed by atoms with Crippen molar-refractivity contribution >= 4 is 17.0 Å². The van der Waals surface area contributed by atoms with Gasteiger partial charge >= 0.3 is 12.3 Å². The molecule has 0 amide bonds. The second-order valence-electron chi connectivity index (χ2n) is 6.64. The Hall–Kier alpha value is -3.82. The van der Waals surface area contributed by atoms with Crippen molar-refractivity contribution in [1.82, 2.24) is 19.1 Å². The fraction of sp³-hybridized carbons (Fsp3) is 0.190. The van der Waals surface area contributed by atoms with Crippen LogP contribution in [0.1, 0.15) is 17.3 Å². The number of halogens is 3. The molecule has 0 atom stereocenters. The van der Waals surface area contributed by atoms with Gasteiger partial charge in [-0.25, -0.2) is 14.8 Å². The minimum absolute atomic E-state index is 0.185. The molecular formula is C21H17F3N4O3. The highest BCUT2D eigenvalue weighted by Crippen LogP contribution is 2.36. The van der Waals surface area contributed by atoms with Crippen molar-refractivity contribution in [1.29, 1.82) is 0 Å². The van der Waals surface area contributed by atoms with Gasteiger partial charge < -0.3 is 18.6 Å². The number of esters is 1. The summed E-state index contributed by atoms with van der Waals surface area (Å²) in [6, 6.07) is 7.02. The Bertz CT molecular complexity index is 1230. The predicted molar refractivity (Wildman–Crippen MR) is 106 cm³/mol. The molecule has 160 valence electrons. The lowest BCUT2D eigenvalue weighted by Crippen LogP contribution is -2.16. The molecule has 10 heteroatoms. The summed E-state index contributed by atoms with van der Waals surface area (Å²) in [5.41, 5.74) is 3.19. The Morgan fingerprint density at radius 1 is 1.16 bits per heavy atom. The van der Waals surface area contributed by atoms with Crippen LogP contribution in [-0.2, 0) is 11.8 Å². The van der Waals surface area contributed by atoms with Gasteiger partial charge in [-0.05, 0) is 30.7 Å². The Morgan fingerprint density at radius 3 is 2.52 bits per heavy atom. The number of ether oxygens (including phenoxy) is 2. The lowest BCUT2D eigenvalue weighted by Gasteiger charge is -2.15. The molecule has 0 radical (unpaired) electrons. The number of hydrogen-bond acceptors (Lipinski definition) is 5. The van der Waals surface area contributed by atoms with E-state index in [4.69, 9.17) is 4.74 Å². The number of nitrogens with zero attached hydrogens (tertiary/aromatic N) is 4. The topological polar surface area (TPSA) is 71.2 Å². The van der Waals surface area contributed by atoms with Gasteiger partial charge in [-0.3, -0.25) is 0 Å². The predicted octanol–water partition coefficient (Wildman–Crippen LogP) is 4.50. The van der Waals surface area contributed by atoms with Crippen LogP contribution in [0, 0.1) is 0 Å². The normalized spacial score (nSPS) is 11.6. The summed E-state index contributed by atoms with van der Waals surface area (Å²) in [7, 11) is 1.79. The van der Waals surface area contributed by atoms with Gasteiger partial charge in [0.25, 0.3) is 0 Å². The van der Waals surface area contributed by atoms with Crippen LogP contribution < -0.4 is 4.74 Å². The molecule has 0 unspecified atom stereocenters. The average molecular weight is 430 g/mol. The van der Waals surface area contributed by atoms with Crippen molar-refractivity contribution in [2.45, 2.75) is 13.3 Å². The summed E-state index contributed by atoms with van der Waals surface area (Å²) in [5, 5.41) is 0. The van der Waals surface area contributed by atoms with Crippen molar-refractivity contribution in [3.05, 3.63) is 60.9 Å². The fourth-order valence-electron chi connectivity index (χ4n) is 3.39. The molecular weight excluding hydrogens is 413 g/mol. The van der Waals surface area contributed by atoms with E-state index in [1.165, 1.54) is 24.3 Å². The van der Waals surface area contributed by atoms with Crippen molar-refractivity contribution < 1.29 is 27.4 Å². The molecule has 0 aliphatic rings. The van der Waals surface area contributed by atoms with E-state index >= 15 is 0 Å². The van der Waals surface area contributed by atoms with Crippen LogP contribution in [0.3, 0.4) is 0 Å². The van der Waals surface area contributed by atoms with E-state index in [1.807, 2.05) is 0 Å². The molecule has 7 nitrogen and oxygen atoms in total. The van der Waals surface area contributed by atoms with Crippen LogP contribution in [0.15, 0.2) is 55.4 Å². The molecule has 0 N–H and O–H groups in total. The zero-order valence-corrected chi connectivity index (χ0v) is 16.6. The number of hydrogen-bond donors (Lipinski definition) is 0. The van der Waals surface area contributed by atoms with E-state index in [0.29, 0.717) is 27.8 Å². The number of alkyl halides is 3. The quantitative estimate of drug-likeness (QED) is 0.436. The van der Waals surface area contributed by atoms with Gasteiger partial charge in [-0.15, -0.1) is 13.2 Å². The van der Waals surface area contributed by atoms with E-state index in [2.05, 4.69) is 14.7 Å². The first-order valence-corrected chi connectivity index (χ1v) is 9.28. The highest BCUT2D eigenvalue weighted by Gasteiger charge is 2.31. The minimum Gasteiger partial charge on any atom is -0.462 e. The van der Waals surface area contributed by atoms with Crippen molar-refractivity contribution in [3.63, 3.8) is 0 Å². The molecule has 0 saturated carbocycles. The first-order chi connectivity index (χ1) is 14.8. The molecule has 0 fully saturated rings. The highest BCUT2D eigenvalue weighted by atomic mass is 19.4. The summed E-state index contributed by atoms with van der Waals surface area (Å²) in [6.07, 6.45) is 1.68. The van der Waals surface area contributed by atoms with Crippen LogP contribution in [0.25, 0.3) is 27.8 Å². The van der Waals surface area contributed by atoms with Gasteiger partial charge in [0.15, 0.2) is 0 Å². The molecule has 0 saturated heterocycles. The van der Waals surface area contributed by atoms with Crippen LogP contribution >= 0.6 is 0 Å². The molecule has 0 spiro atoms. The van der Waals surface area contributed by atoms with Gasteiger partial charge in [0, 0.05) is 25.0 Å². The molecule has 2 heterocycles. The summed E-state index contributed by atoms with van der Waals surface area (Å²) in [5.74, 6) is -0.873. The van der Waals surface area contributed by atoms with Gasteiger partial charge in [0.05, 0.1) is 41.5 Å². The monoisotopic (exact) mass is 430 g/mol. The van der Waals surface area contributed by atoms with Crippen LogP contribution in [0.4, 0.5) is 13.2 Å². The minimum atomic E-state index is -4.78. The maximum Gasteiger partial charge on any atom is 0.573 e. The molecule has 0 aliphatic heterocycles. The van der Waals surface area contributed by atoms with Crippen molar-refractivity contribution in [3.8, 4) is 22.6 Å². The zero-order valence-electron chi connectivity index (χ0n) is 16.6. The Kier molecular flexibility index (Phi) is 5.14. The Morgan fingerprint density at radius 2 is 1.90 bits per heavy atom. The lowest BCUT2D eigenvalue weighted by atomic mass is 9.99. The smallest absolute Gasteiger partial charge is 0.462 e. The molecule has 4 rings (SSSR count). The summed E-state index contributed by atoms with van der Waals surface area (Å²) < 4.78 is 50.1. The third kappa shape index (κ3) is 3.96. The van der Waals surface area contributed by atoms with Gasteiger partial charge in [-0.2, -0.15) is 0 Å². The van der Waals surface area contributed by atoms with E-state index in [-0.39, 0.29) is 17.9 Å². The molecule has 0 bridgehead atoms. The third-order valence-electron chi connectivity index (χ3n) is 4.62. The summed E-state index contributed by atoms with van der Waals surface area (Å²) >= 11 is 0. The largest absolute Gasteiger partial charge is 0.573 e. The Labute approximate surface area is 174 Å². The molecule has 4 aromatic rings. The molecule has 31 heavy (non-hydrogen) atoms. The van der Waals surface area contributed by atoms with E-state index < -0.39 is 12.3 Å². The molecule has 0 aliphatic carbocycles.